The van der Waals surface area contributed by atoms with E-state index in [2.05, 4.69) is 20.9 Å². The number of aliphatic imine (C=N–C) groups is 1. The summed E-state index contributed by atoms with van der Waals surface area (Å²) in [5.41, 5.74) is 1.38. The average Bonchev–Trinajstić information content (AvgIpc) is 3.04. The minimum atomic E-state index is -1.03. The van der Waals surface area contributed by atoms with Crippen LogP contribution in [0.2, 0.25) is 0 Å². The van der Waals surface area contributed by atoms with E-state index in [0.29, 0.717) is 40.4 Å². The first-order valence-corrected chi connectivity index (χ1v) is 11.1. The zero-order chi connectivity index (χ0) is 22.5. The van der Waals surface area contributed by atoms with Crippen LogP contribution in [0.15, 0.2) is 50.8 Å². The van der Waals surface area contributed by atoms with Gasteiger partial charge >= 0.3 is 5.97 Å². The molecule has 1 saturated heterocycles. The maximum Gasteiger partial charge on any atom is 0.335 e. The average molecular weight is 505 g/mol. The lowest BCUT2D eigenvalue weighted by molar-refractivity contribution is -0.122. The monoisotopic (exact) mass is 504 g/mol. The van der Waals surface area contributed by atoms with Crippen LogP contribution in [0.3, 0.4) is 0 Å². The van der Waals surface area contributed by atoms with Crippen molar-refractivity contribution >= 4 is 56.5 Å². The Morgan fingerprint density at radius 1 is 1.26 bits per heavy atom. The maximum atomic E-state index is 12.9. The summed E-state index contributed by atoms with van der Waals surface area (Å²) in [7, 11) is 1.56. The first-order chi connectivity index (χ1) is 14.9. The molecule has 1 aliphatic rings. The smallest absolute Gasteiger partial charge is 0.335 e. The van der Waals surface area contributed by atoms with Gasteiger partial charge in [-0.15, -0.1) is 0 Å². The highest BCUT2D eigenvalue weighted by Gasteiger charge is 2.32. The molecule has 1 aliphatic heterocycles. The Morgan fingerprint density at radius 2 is 2.03 bits per heavy atom. The number of halogens is 1. The summed E-state index contributed by atoms with van der Waals surface area (Å²) in [6, 6.07) is 9.91. The number of likely N-dealkylation sites (N-methyl/N-ethyl adjacent to an activating group) is 1. The third kappa shape index (κ3) is 5.11. The van der Waals surface area contributed by atoms with Gasteiger partial charge in [-0.25, -0.2) is 9.79 Å². The number of aromatic carboxylic acids is 1. The quantitative estimate of drug-likeness (QED) is 0.522. The molecule has 3 rings (SSSR count). The summed E-state index contributed by atoms with van der Waals surface area (Å²) in [6.07, 6.45) is 1.77. The highest BCUT2D eigenvalue weighted by atomic mass is 79.9. The Hall–Kier alpha value is -2.78. The molecule has 0 atom stereocenters. The third-order valence-electron chi connectivity index (χ3n) is 4.39. The second-order valence-corrected chi connectivity index (χ2v) is 8.23. The molecule has 0 aliphatic carbocycles. The van der Waals surface area contributed by atoms with Gasteiger partial charge in [-0.2, -0.15) is 0 Å². The van der Waals surface area contributed by atoms with Gasteiger partial charge in [0.2, 0.25) is 0 Å². The number of carboxylic acids is 1. The van der Waals surface area contributed by atoms with E-state index in [1.165, 1.54) is 23.9 Å². The topological polar surface area (TPSA) is 88.4 Å². The summed E-state index contributed by atoms with van der Waals surface area (Å²) in [5.74, 6) is -0.0148. The van der Waals surface area contributed by atoms with Gasteiger partial charge in [0.15, 0.2) is 16.7 Å². The van der Waals surface area contributed by atoms with Gasteiger partial charge in [-0.05, 0) is 67.6 Å². The SMILES string of the molecule is CCOc1cc(Br)c(/C=C2\SC(=Nc3cccc(C(=O)O)c3)N(CC)C2=O)cc1OC. The normalized spacial score (nSPS) is 16.3. The summed E-state index contributed by atoms with van der Waals surface area (Å²) in [5, 5.41) is 9.68. The maximum absolute atomic E-state index is 12.9. The summed E-state index contributed by atoms with van der Waals surface area (Å²) in [4.78, 5) is 30.7. The number of hydrogen-bond donors (Lipinski definition) is 1. The number of ether oxygens (including phenoxy) is 2. The molecule has 0 bridgehead atoms. The molecular weight excluding hydrogens is 484 g/mol. The van der Waals surface area contributed by atoms with E-state index in [-0.39, 0.29) is 11.5 Å². The van der Waals surface area contributed by atoms with Gasteiger partial charge in [-0.3, -0.25) is 9.69 Å². The van der Waals surface area contributed by atoms with Crippen molar-refractivity contribution in [1.29, 1.82) is 0 Å². The van der Waals surface area contributed by atoms with Gasteiger partial charge in [0.25, 0.3) is 5.91 Å². The van der Waals surface area contributed by atoms with E-state index in [9.17, 15) is 14.7 Å². The van der Waals surface area contributed by atoms with E-state index in [0.717, 1.165) is 10.0 Å². The molecule has 9 heteroatoms. The second kappa shape index (κ2) is 10.0. The Balaban J connectivity index is 1.97. The van der Waals surface area contributed by atoms with Crippen molar-refractivity contribution in [2.24, 2.45) is 4.99 Å². The first kappa shape index (κ1) is 22.9. The molecule has 0 spiro atoms. The number of benzene rings is 2. The van der Waals surface area contributed by atoms with Crippen LogP contribution in [0.25, 0.3) is 6.08 Å². The predicted molar refractivity (Wildman–Crippen MR) is 125 cm³/mol. The number of thioether (sulfide) groups is 1. The molecule has 0 radical (unpaired) electrons. The van der Waals surface area contributed by atoms with Crippen LogP contribution < -0.4 is 9.47 Å². The number of carbonyl (C=O) groups is 2. The highest BCUT2D eigenvalue weighted by Crippen LogP contribution is 2.38. The van der Waals surface area contributed by atoms with Gasteiger partial charge in [0.05, 0.1) is 29.9 Å². The van der Waals surface area contributed by atoms with E-state index < -0.39 is 5.97 Å². The van der Waals surface area contributed by atoms with Crippen molar-refractivity contribution in [1.82, 2.24) is 4.90 Å². The number of carbonyl (C=O) groups excluding carboxylic acids is 1. The standard InChI is InChI=1S/C22H21BrN2O5S/c1-4-25-20(26)19(11-14-10-17(29-3)18(30-5-2)12-16(14)23)31-22(25)24-15-8-6-7-13(9-15)21(27)28/h6-12H,4-5H2,1-3H3,(H,27,28)/b19-11-,24-22?. The van der Waals surface area contributed by atoms with Crippen molar-refractivity contribution < 1.29 is 24.2 Å². The molecule has 2 aromatic rings. The molecular formula is C22H21BrN2O5S. The van der Waals surface area contributed by atoms with Gasteiger partial charge < -0.3 is 14.6 Å². The number of nitrogens with zero attached hydrogens (tertiary/aromatic N) is 2. The summed E-state index contributed by atoms with van der Waals surface area (Å²) in [6.45, 7) is 4.70. The fourth-order valence-electron chi connectivity index (χ4n) is 2.92. The second-order valence-electron chi connectivity index (χ2n) is 6.37. The van der Waals surface area contributed by atoms with Crippen molar-refractivity contribution in [3.05, 3.63) is 56.9 Å². The Bertz CT molecular complexity index is 1080. The van der Waals surface area contributed by atoms with Crippen LogP contribution in [0.5, 0.6) is 11.5 Å². The lowest BCUT2D eigenvalue weighted by atomic mass is 10.2. The highest BCUT2D eigenvalue weighted by molar-refractivity contribution is 9.10. The summed E-state index contributed by atoms with van der Waals surface area (Å²) >= 11 is 4.77. The Morgan fingerprint density at radius 3 is 2.68 bits per heavy atom. The zero-order valence-corrected chi connectivity index (χ0v) is 19.6. The molecule has 1 heterocycles. The van der Waals surface area contributed by atoms with Crippen LogP contribution in [0, 0.1) is 0 Å². The van der Waals surface area contributed by atoms with E-state index in [1.807, 2.05) is 19.9 Å². The van der Waals surface area contributed by atoms with Crippen LogP contribution >= 0.6 is 27.7 Å². The lowest BCUT2D eigenvalue weighted by Gasteiger charge is -2.12. The minimum absolute atomic E-state index is 0.139. The predicted octanol–water partition coefficient (Wildman–Crippen LogP) is 5.18. The van der Waals surface area contributed by atoms with Crippen molar-refractivity contribution in [2.75, 3.05) is 20.3 Å². The van der Waals surface area contributed by atoms with E-state index in [1.54, 1.807) is 36.3 Å². The number of hydrogen-bond acceptors (Lipinski definition) is 6. The van der Waals surface area contributed by atoms with Gasteiger partial charge in [-0.1, -0.05) is 22.0 Å². The molecule has 1 fully saturated rings. The van der Waals surface area contributed by atoms with Crippen molar-refractivity contribution in [2.45, 2.75) is 13.8 Å². The molecule has 1 N–H and O–H groups in total. The molecule has 162 valence electrons. The molecule has 0 saturated carbocycles. The van der Waals surface area contributed by atoms with E-state index in [4.69, 9.17) is 9.47 Å². The fraction of sp³-hybridized carbons (Fsp3) is 0.227. The fourth-order valence-corrected chi connectivity index (χ4v) is 4.41. The third-order valence-corrected chi connectivity index (χ3v) is 6.08. The number of rotatable bonds is 7. The Kier molecular flexibility index (Phi) is 7.40. The van der Waals surface area contributed by atoms with Crippen LogP contribution in [0.4, 0.5) is 5.69 Å². The van der Waals surface area contributed by atoms with Crippen LogP contribution in [-0.4, -0.2) is 47.3 Å². The Labute approximate surface area is 192 Å². The molecule has 7 nitrogen and oxygen atoms in total. The molecule has 31 heavy (non-hydrogen) atoms. The lowest BCUT2D eigenvalue weighted by Crippen LogP contribution is -2.28. The summed E-state index contributed by atoms with van der Waals surface area (Å²) < 4.78 is 11.8. The number of carboxylic acid groups (broad SMARTS) is 1. The zero-order valence-electron chi connectivity index (χ0n) is 17.2. The van der Waals surface area contributed by atoms with Crippen molar-refractivity contribution in [3.8, 4) is 11.5 Å². The van der Waals surface area contributed by atoms with Crippen LogP contribution in [0.1, 0.15) is 29.8 Å². The molecule has 2 aromatic carbocycles. The number of amides is 1. The van der Waals surface area contributed by atoms with Gasteiger partial charge in [0, 0.05) is 11.0 Å². The number of methoxy groups -OCH3 is 1. The minimum Gasteiger partial charge on any atom is -0.493 e. The number of amidine groups is 1. The van der Waals surface area contributed by atoms with E-state index >= 15 is 0 Å². The molecule has 0 unspecified atom stereocenters. The van der Waals surface area contributed by atoms with Crippen LogP contribution in [-0.2, 0) is 4.79 Å². The first-order valence-electron chi connectivity index (χ1n) is 9.51. The van der Waals surface area contributed by atoms with Gasteiger partial charge in [0.1, 0.15) is 0 Å². The largest absolute Gasteiger partial charge is 0.493 e. The molecule has 1 amide bonds. The van der Waals surface area contributed by atoms with Crippen molar-refractivity contribution in [3.63, 3.8) is 0 Å². The molecule has 0 aromatic heterocycles.